The van der Waals surface area contributed by atoms with Crippen LogP contribution in [0.1, 0.15) is 42.4 Å². The number of rotatable bonds is 6. The number of fused-ring (bicyclic) bond motifs is 2. The molecule has 3 aromatic rings. The number of aliphatic imine (C=N–C) groups is 1. The highest BCUT2D eigenvalue weighted by molar-refractivity contribution is 14.0. The van der Waals surface area contributed by atoms with Crippen molar-refractivity contribution in [2.24, 2.45) is 4.99 Å². The van der Waals surface area contributed by atoms with Gasteiger partial charge in [0.05, 0.1) is 0 Å². The van der Waals surface area contributed by atoms with Crippen molar-refractivity contribution in [3.63, 3.8) is 0 Å². The molecule has 0 radical (unpaired) electrons. The minimum atomic E-state index is -0.581. The zero-order valence-corrected chi connectivity index (χ0v) is 19.6. The molecule has 2 aromatic heterocycles. The highest BCUT2D eigenvalue weighted by Gasteiger charge is 2.16. The fourth-order valence-electron chi connectivity index (χ4n) is 3.44. The topological polar surface area (TPSA) is 87.4 Å². The van der Waals surface area contributed by atoms with E-state index in [2.05, 4.69) is 48.6 Å². The van der Waals surface area contributed by atoms with E-state index in [1.807, 2.05) is 19.1 Å². The molecule has 156 valence electrons. The van der Waals surface area contributed by atoms with E-state index in [1.165, 1.54) is 22.9 Å². The fourth-order valence-corrected chi connectivity index (χ4v) is 4.49. The molecule has 1 unspecified atom stereocenters. The van der Waals surface area contributed by atoms with E-state index in [9.17, 15) is 5.11 Å². The second-order valence-corrected chi connectivity index (χ2v) is 8.04. The number of nitrogens with one attached hydrogen (secondary N) is 2. The summed E-state index contributed by atoms with van der Waals surface area (Å²) < 4.78 is 3.37. The van der Waals surface area contributed by atoms with Crippen molar-refractivity contribution < 1.29 is 5.11 Å². The number of hydrogen-bond donors (Lipinski definition) is 3. The number of nitrogens with zero attached hydrogens (tertiary/aromatic N) is 4. The summed E-state index contributed by atoms with van der Waals surface area (Å²) in [5.74, 6) is 2.64. The van der Waals surface area contributed by atoms with Gasteiger partial charge < -0.3 is 20.3 Å². The molecule has 0 fully saturated rings. The van der Waals surface area contributed by atoms with Crippen LogP contribution in [0, 0.1) is 0 Å². The van der Waals surface area contributed by atoms with Crippen LogP contribution in [-0.4, -0.2) is 38.9 Å². The van der Waals surface area contributed by atoms with Gasteiger partial charge in [0.15, 0.2) is 11.8 Å². The molecule has 0 amide bonds. The molecule has 3 heterocycles. The first-order valence-corrected chi connectivity index (χ1v) is 10.7. The lowest BCUT2D eigenvalue weighted by Gasteiger charge is -2.15. The molecule has 1 atom stereocenters. The smallest absolute Gasteiger partial charge is 0.191 e. The van der Waals surface area contributed by atoms with Gasteiger partial charge in [-0.25, -0.2) is 4.99 Å². The van der Waals surface area contributed by atoms with Crippen LogP contribution in [0.15, 0.2) is 35.3 Å². The van der Waals surface area contributed by atoms with Crippen LogP contribution >= 0.6 is 35.3 Å². The van der Waals surface area contributed by atoms with Gasteiger partial charge >= 0.3 is 0 Å². The summed E-state index contributed by atoms with van der Waals surface area (Å²) in [6.45, 7) is 4.63. The molecule has 1 aliphatic rings. The molecule has 9 heteroatoms. The van der Waals surface area contributed by atoms with Crippen molar-refractivity contribution in [3.05, 3.63) is 46.9 Å². The third-order valence-corrected chi connectivity index (χ3v) is 6.11. The van der Waals surface area contributed by atoms with Crippen LogP contribution in [0.3, 0.4) is 0 Å². The summed E-state index contributed by atoms with van der Waals surface area (Å²) >= 11 is 1.63. The number of aliphatic hydroxyl groups excluding tert-OH is 1. The molecule has 1 aromatic carbocycles. The molecular formula is C20H27IN6OS. The normalized spacial score (nSPS) is 14.9. The molecule has 0 saturated carbocycles. The number of benzene rings is 1. The SMILES string of the molecule is CCNC(=NCc1nnc2n1CCCC2)NCC(O)c1cc2ccccc2s1.I. The molecule has 0 aliphatic carbocycles. The van der Waals surface area contributed by atoms with E-state index >= 15 is 0 Å². The van der Waals surface area contributed by atoms with Crippen molar-refractivity contribution in [3.8, 4) is 0 Å². The maximum atomic E-state index is 10.6. The minimum Gasteiger partial charge on any atom is -0.386 e. The summed E-state index contributed by atoms with van der Waals surface area (Å²) in [5.41, 5.74) is 0. The Labute approximate surface area is 191 Å². The Hall–Kier alpha value is -1.72. The molecule has 1 aliphatic heterocycles. The molecular weight excluding hydrogens is 499 g/mol. The van der Waals surface area contributed by atoms with Crippen LogP contribution in [0.25, 0.3) is 10.1 Å². The van der Waals surface area contributed by atoms with Crippen LogP contribution in [0.5, 0.6) is 0 Å². The molecule has 29 heavy (non-hydrogen) atoms. The predicted octanol–water partition coefficient (Wildman–Crippen LogP) is 3.24. The van der Waals surface area contributed by atoms with Crippen LogP contribution in [0.2, 0.25) is 0 Å². The van der Waals surface area contributed by atoms with Gasteiger partial charge in [-0.1, -0.05) is 18.2 Å². The Balaban J connectivity index is 0.00000240. The number of thiophene rings is 1. The van der Waals surface area contributed by atoms with Crippen molar-refractivity contribution in [1.82, 2.24) is 25.4 Å². The highest BCUT2D eigenvalue weighted by Crippen LogP contribution is 2.29. The zero-order chi connectivity index (χ0) is 19.3. The van der Waals surface area contributed by atoms with E-state index in [1.54, 1.807) is 11.3 Å². The second kappa shape index (κ2) is 10.4. The van der Waals surface area contributed by atoms with Gasteiger partial charge in [-0.2, -0.15) is 0 Å². The lowest BCUT2D eigenvalue weighted by molar-refractivity contribution is 0.184. The average molecular weight is 526 g/mol. The molecule has 7 nitrogen and oxygen atoms in total. The Morgan fingerprint density at radius 3 is 2.97 bits per heavy atom. The molecule has 4 rings (SSSR count). The van der Waals surface area contributed by atoms with E-state index in [0.717, 1.165) is 36.0 Å². The van der Waals surface area contributed by atoms with Crippen molar-refractivity contribution in [1.29, 1.82) is 0 Å². The third-order valence-electron chi connectivity index (χ3n) is 4.89. The van der Waals surface area contributed by atoms with E-state index in [-0.39, 0.29) is 24.0 Å². The van der Waals surface area contributed by atoms with Gasteiger partial charge in [0.25, 0.3) is 0 Å². The van der Waals surface area contributed by atoms with Crippen molar-refractivity contribution in [2.75, 3.05) is 13.1 Å². The first kappa shape index (κ1) is 22.0. The summed E-state index contributed by atoms with van der Waals surface area (Å²) in [6, 6.07) is 10.2. The maximum Gasteiger partial charge on any atom is 0.191 e. The number of guanidine groups is 1. The van der Waals surface area contributed by atoms with Crippen LogP contribution < -0.4 is 10.6 Å². The van der Waals surface area contributed by atoms with Gasteiger partial charge in [0.1, 0.15) is 18.5 Å². The summed E-state index contributed by atoms with van der Waals surface area (Å²) in [6.07, 6.45) is 2.76. The van der Waals surface area contributed by atoms with Gasteiger partial charge in [0.2, 0.25) is 0 Å². The number of halogens is 1. The quantitative estimate of drug-likeness (QED) is 0.261. The number of aromatic nitrogens is 3. The summed E-state index contributed by atoms with van der Waals surface area (Å²) in [7, 11) is 0. The number of hydrogen-bond acceptors (Lipinski definition) is 5. The highest BCUT2D eigenvalue weighted by atomic mass is 127. The predicted molar refractivity (Wildman–Crippen MR) is 128 cm³/mol. The minimum absolute atomic E-state index is 0. The standard InChI is InChI=1S/C20H26N6OS.HI/c1-2-21-20(23-13-19-25-24-18-9-5-6-10-26(18)19)22-12-15(27)17-11-14-7-3-4-8-16(14)28-17;/h3-4,7-8,11,15,27H,2,5-6,9-10,12-13H2,1H3,(H2,21,22,23);1H. The zero-order valence-electron chi connectivity index (χ0n) is 16.5. The fraction of sp³-hybridized carbons (Fsp3) is 0.450. The third kappa shape index (κ3) is 5.26. The van der Waals surface area contributed by atoms with E-state index < -0.39 is 6.10 Å². The Kier molecular flexibility index (Phi) is 7.84. The molecule has 0 saturated heterocycles. The largest absolute Gasteiger partial charge is 0.386 e. The van der Waals surface area contributed by atoms with E-state index in [4.69, 9.17) is 0 Å². The summed E-state index contributed by atoms with van der Waals surface area (Å²) in [5, 5.41) is 26.8. The van der Waals surface area contributed by atoms with Gasteiger partial charge in [-0.3, -0.25) is 0 Å². The maximum absolute atomic E-state index is 10.6. The van der Waals surface area contributed by atoms with Gasteiger partial charge in [0, 0.05) is 35.6 Å². The molecule has 0 spiro atoms. The van der Waals surface area contributed by atoms with E-state index in [0.29, 0.717) is 19.0 Å². The number of aliphatic hydroxyl groups is 1. The van der Waals surface area contributed by atoms with Gasteiger partial charge in [-0.15, -0.1) is 45.5 Å². The molecule has 3 N–H and O–H groups in total. The van der Waals surface area contributed by atoms with Crippen LogP contribution in [0.4, 0.5) is 0 Å². The monoisotopic (exact) mass is 526 g/mol. The Morgan fingerprint density at radius 2 is 2.14 bits per heavy atom. The van der Waals surface area contributed by atoms with Gasteiger partial charge in [-0.05, 0) is 37.3 Å². The number of aryl methyl sites for hydroxylation is 1. The average Bonchev–Trinajstić information content (AvgIpc) is 3.34. The summed E-state index contributed by atoms with van der Waals surface area (Å²) in [4.78, 5) is 5.59. The second-order valence-electron chi connectivity index (χ2n) is 6.92. The Morgan fingerprint density at radius 1 is 1.28 bits per heavy atom. The lowest BCUT2D eigenvalue weighted by atomic mass is 10.2. The lowest BCUT2D eigenvalue weighted by Crippen LogP contribution is -2.39. The first-order chi connectivity index (χ1) is 13.7. The first-order valence-electron chi connectivity index (χ1n) is 9.84. The Bertz CT molecular complexity index is 936. The van der Waals surface area contributed by atoms with Crippen molar-refractivity contribution in [2.45, 2.75) is 45.4 Å². The van der Waals surface area contributed by atoms with Crippen molar-refractivity contribution >= 4 is 51.4 Å². The van der Waals surface area contributed by atoms with Crippen LogP contribution in [-0.2, 0) is 19.5 Å². The molecule has 0 bridgehead atoms.